The van der Waals surface area contributed by atoms with Crippen LogP contribution < -0.4 is 0 Å². The first kappa shape index (κ1) is 11.0. The molecule has 0 aromatic rings. The molecule has 0 amide bonds. The van der Waals surface area contributed by atoms with Crippen LogP contribution in [0.1, 0.15) is 32.6 Å². The van der Waals surface area contributed by atoms with Gasteiger partial charge in [-0.1, -0.05) is 30.9 Å². The molecule has 1 heteroatoms. The van der Waals surface area contributed by atoms with Crippen LogP contribution in [0, 0.1) is 5.92 Å². The van der Waals surface area contributed by atoms with Crippen LogP contribution in [0.4, 0.5) is 0 Å². The van der Waals surface area contributed by atoms with Gasteiger partial charge in [0.15, 0.2) is 0 Å². The molecule has 1 rings (SSSR count). The van der Waals surface area contributed by atoms with Crippen LogP contribution in [-0.4, -0.2) is 5.78 Å². The Morgan fingerprint density at radius 1 is 1.43 bits per heavy atom. The summed E-state index contributed by atoms with van der Waals surface area (Å²) < 4.78 is 0. The van der Waals surface area contributed by atoms with Crippen molar-refractivity contribution in [3.8, 4) is 0 Å². The van der Waals surface area contributed by atoms with E-state index in [1.54, 1.807) is 6.08 Å². The fourth-order valence-electron chi connectivity index (χ4n) is 1.92. The molecule has 1 nitrogen and oxygen atoms in total. The summed E-state index contributed by atoms with van der Waals surface area (Å²) >= 11 is 0. The monoisotopic (exact) mass is 190 g/mol. The molecule has 0 aromatic carbocycles. The van der Waals surface area contributed by atoms with Gasteiger partial charge in [0.25, 0.3) is 0 Å². The molecule has 0 bridgehead atoms. The van der Waals surface area contributed by atoms with E-state index in [-0.39, 0.29) is 0 Å². The van der Waals surface area contributed by atoms with Crippen molar-refractivity contribution in [2.45, 2.75) is 32.6 Å². The minimum Gasteiger partial charge on any atom is -0.300 e. The van der Waals surface area contributed by atoms with Gasteiger partial charge in [-0.25, -0.2) is 0 Å². The first-order valence-electron chi connectivity index (χ1n) is 5.25. The normalized spacial score (nSPS) is 20.4. The van der Waals surface area contributed by atoms with Gasteiger partial charge in [0.2, 0.25) is 0 Å². The van der Waals surface area contributed by atoms with Gasteiger partial charge in [0, 0.05) is 12.8 Å². The van der Waals surface area contributed by atoms with E-state index in [9.17, 15) is 4.79 Å². The van der Waals surface area contributed by atoms with E-state index in [2.05, 4.69) is 25.7 Å². The lowest BCUT2D eigenvalue weighted by atomic mass is 9.83. The number of rotatable bonds is 3. The second-order valence-electron chi connectivity index (χ2n) is 3.70. The molecule has 0 aliphatic heterocycles. The Hall–Kier alpha value is -1.11. The molecule has 14 heavy (non-hydrogen) atoms. The standard InChI is InChI=1S/C13H18O/c1-3-5-6-11(4-2)12-7-9-13(14)10-8-12/h3-6,12H,1,7-10H2,2H3/b6-5-,11-4+. The quantitative estimate of drug-likeness (QED) is 0.623. The van der Waals surface area contributed by atoms with Crippen LogP contribution in [0.5, 0.6) is 0 Å². The lowest BCUT2D eigenvalue weighted by molar-refractivity contribution is -0.120. The Kier molecular flexibility index (Phi) is 4.37. The second kappa shape index (κ2) is 5.58. The number of ketones is 1. The van der Waals surface area contributed by atoms with Crippen molar-refractivity contribution in [3.63, 3.8) is 0 Å². The highest BCUT2D eigenvalue weighted by Crippen LogP contribution is 2.28. The van der Waals surface area contributed by atoms with Crippen molar-refractivity contribution in [2.75, 3.05) is 0 Å². The molecule has 0 N–H and O–H groups in total. The molecule has 0 unspecified atom stereocenters. The summed E-state index contributed by atoms with van der Waals surface area (Å²) in [6, 6.07) is 0. The molecular weight excluding hydrogens is 172 g/mol. The first-order chi connectivity index (χ1) is 6.77. The van der Waals surface area contributed by atoms with Gasteiger partial charge in [-0.15, -0.1) is 0 Å². The first-order valence-corrected chi connectivity index (χ1v) is 5.25. The highest BCUT2D eigenvalue weighted by atomic mass is 16.1. The molecule has 0 saturated heterocycles. The molecule has 0 spiro atoms. The van der Waals surface area contributed by atoms with E-state index >= 15 is 0 Å². The van der Waals surface area contributed by atoms with E-state index in [1.807, 2.05) is 6.08 Å². The minimum absolute atomic E-state index is 0.421. The Balaban J connectivity index is 2.58. The Morgan fingerprint density at radius 2 is 2.07 bits per heavy atom. The van der Waals surface area contributed by atoms with Crippen LogP contribution in [0.2, 0.25) is 0 Å². The minimum atomic E-state index is 0.421. The van der Waals surface area contributed by atoms with Crippen molar-refractivity contribution < 1.29 is 4.79 Å². The summed E-state index contributed by atoms with van der Waals surface area (Å²) in [5.74, 6) is 0.998. The largest absolute Gasteiger partial charge is 0.300 e. The third kappa shape index (κ3) is 2.99. The summed E-state index contributed by atoms with van der Waals surface area (Å²) in [6.45, 7) is 5.71. The number of carbonyl (C=O) groups excluding carboxylic acids is 1. The SMILES string of the molecule is C=C/C=C\C(=C/C)C1CCC(=O)CC1. The second-order valence-corrected chi connectivity index (χ2v) is 3.70. The molecule has 0 aromatic heterocycles. The molecule has 1 fully saturated rings. The maximum absolute atomic E-state index is 11.1. The molecular formula is C13H18O. The molecule has 0 heterocycles. The van der Waals surface area contributed by atoms with Crippen molar-refractivity contribution in [1.82, 2.24) is 0 Å². The van der Waals surface area contributed by atoms with E-state index < -0.39 is 0 Å². The average Bonchev–Trinajstić information content (AvgIpc) is 2.21. The zero-order valence-electron chi connectivity index (χ0n) is 8.83. The summed E-state index contributed by atoms with van der Waals surface area (Å²) in [5, 5.41) is 0. The van der Waals surface area contributed by atoms with Gasteiger partial charge < -0.3 is 0 Å². The summed E-state index contributed by atoms with van der Waals surface area (Å²) in [6.07, 6.45) is 11.5. The predicted octanol–water partition coefficient (Wildman–Crippen LogP) is 3.43. The maximum Gasteiger partial charge on any atom is 0.132 e. The molecule has 0 atom stereocenters. The van der Waals surface area contributed by atoms with Crippen LogP contribution in [0.3, 0.4) is 0 Å². The molecule has 1 aliphatic rings. The fourth-order valence-corrected chi connectivity index (χ4v) is 1.92. The van der Waals surface area contributed by atoms with Crippen molar-refractivity contribution in [1.29, 1.82) is 0 Å². The zero-order chi connectivity index (χ0) is 10.4. The Labute approximate surface area is 86.2 Å². The highest BCUT2D eigenvalue weighted by Gasteiger charge is 2.19. The van der Waals surface area contributed by atoms with E-state index in [4.69, 9.17) is 0 Å². The van der Waals surface area contributed by atoms with Gasteiger partial charge in [-0.05, 0) is 31.3 Å². The summed E-state index contributed by atoms with van der Waals surface area (Å²) in [7, 11) is 0. The van der Waals surface area contributed by atoms with Crippen LogP contribution in [0.15, 0.2) is 36.5 Å². The number of hydrogen-bond donors (Lipinski definition) is 0. The van der Waals surface area contributed by atoms with Gasteiger partial charge in [-0.2, -0.15) is 0 Å². The molecule has 0 radical (unpaired) electrons. The zero-order valence-corrected chi connectivity index (χ0v) is 8.83. The highest BCUT2D eigenvalue weighted by molar-refractivity contribution is 5.79. The number of hydrogen-bond acceptors (Lipinski definition) is 1. The Morgan fingerprint density at radius 3 is 2.57 bits per heavy atom. The fraction of sp³-hybridized carbons (Fsp3) is 0.462. The van der Waals surface area contributed by atoms with E-state index in [0.717, 1.165) is 25.7 Å². The van der Waals surface area contributed by atoms with Gasteiger partial charge in [0.1, 0.15) is 5.78 Å². The topological polar surface area (TPSA) is 17.1 Å². The lowest BCUT2D eigenvalue weighted by Crippen LogP contribution is -2.14. The van der Waals surface area contributed by atoms with E-state index in [0.29, 0.717) is 11.7 Å². The number of Topliss-reactive ketones (excluding diaryl/α,β-unsaturated/α-hetero) is 1. The van der Waals surface area contributed by atoms with Crippen LogP contribution >= 0.6 is 0 Å². The Bertz CT molecular complexity index is 261. The molecule has 1 saturated carbocycles. The third-order valence-electron chi connectivity index (χ3n) is 2.77. The maximum atomic E-state index is 11.1. The molecule has 1 aliphatic carbocycles. The lowest BCUT2D eigenvalue weighted by Gasteiger charge is -2.21. The van der Waals surface area contributed by atoms with Crippen molar-refractivity contribution >= 4 is 5.78 Å². The van der Waals surface area contributed by atoms with Gasteiger partial charge in [0.05, 0.1) is 0 Å². The summed E-state index contributed by atoms with van der Waals surface area (Å²) in [5.41, 5.74) is 1.34. The molecule has 76 valence electrons. The van der Waals surface area contributed by atoms with Crippen molar-refractivity contribution in [2.24, 2.45) is 5.92 Å². The average molecular weight is 190 g/mol. The van der Waals surface area contributed by atoms with Gasteiger partial charge in [-0.3, -0.25) is 4.79 Å². The number of allylic oxidation sites excluding steroid dienone is 5. The smallest absolute Gasteiger partial charge is 0.132 e. The van der Waals surface area contributed by atoms with E-state index in [1.165, 1.54) is 5.57 Å². The van der Waals surface area contributed by atoms with Crippen LogP contribution in [0.25, 0.3) is 0 Å². The van der Waals surface area contributed by atoms with Crippen LogP contribution in [-0.2, 0) is 4.79 Å². The number of carbonyl (C=O) groups is 1. The van der Waals surface area contributed by atoms with Gasteiger partial charge >= 0.3 is 0 Å². The predicted molar refractivity (Wildman–Crippen MR) is 60.1 cm³/mol. The summed E-state index contributed by atoms with van der Waals surface area (Å²) in [4.78, 5) is 11.1. The van der Waals surface area contributed by atoms with Crippen molar-refractivity contribution in [3.05, 3.63) is 36.5 Å². The third-order valence-corrected chi connectivity index (χ3v) is 2.77.